The van der Waals surface area contributed by atoms with E-state index < -0.39 is 22.1 Å². The molecule has 1 N–H and O–H groups in total. The molecule has 0 saturated heterocycles. The quantitative estimate of drug-likeness (QED) is 0.756. The fourth-order valence-corrected chi connectivity index (χ4v) is 5.69. The highest BCUT2D eigenvalue weighted by atomic mass is 32.2. The summed E-state index contributed by atoms with van der Waals surface area (Å²) in [5, 5.41) is 0. The number of nitrogens with zero attached hydrogens (tertiary/aromatic N) is 1. The van der Waals surface area contributed by atoms with Gasteiger partial charge in [-0.15, -0.1) is 13.2 Å². The first-order valence-electron chi connectivity index (χ1n) is 9.94. The van der Waals surface area contributed by atoms with Crippen molar-refractivity contribution in [2.24, 2.45) is 0 Å². The Balaban J connectivity index is 1.42. The summed E-state index contributed by atoms with van der Waals surface area (Å²) < 4.78 is 68.9. The van der Waals surface area contributed by atoms with Crippen molar-refractivity contribution in [3.63, 3.8) is 0 Å². The van der Waals surface area contributed by atoms with Crippen molar-refractivity contribution in [3.8, 4) is 5.75 Å². The Hall–Kier alpha value is -2.26. The zero-order chi connectivity index (χ0) is 21.4. The molecule has 1 heterocycles. The summed E-state index contributed by atoms with van der Waals surface area (Å²) in [5.74, 6) is -0.452. The van der Waals surface area contributed by atoms with Crippen LogP contribution in [0.5, 0.6) is 5.75 Å². The van der Waals surface area contributed by atoms with Gasteiger partial charge in [0.05, 0.1) is 4.90 Å². The molecule has 0 radical (unpaired) electrons. The van der Waals surface area contributed by atoms with Crippen molar-refractivity contribution in [3.05, 3.63) is 54.1 Å². The normalized spacial score (nSPS) is 22.0. The zero-order valence-corrected chi connectivity index (χ0v) is 17.0. The first kappa shape index (κ1) is 21.0. The molecule has 2 aromatic carbocycles. The number of rotatable bonds is 5. The number of anilines is 1. The number of para-hydroxylation sites is 1. The second-order valence-corrected chi connectivity index (χ2v) is 9.44. The molecule has 30 heavy (non-hydrogen) atoms. The van der Waals surface area contributed by atoms with Crippen LogP contribution in [0.3, 0.4) is 0 Å². The summed E-state index contributed by atoms with van der Waals surface area (Å²) in [7, 11) is -3.83. The Kier molecular flexibility index (Phi) is 5.67. The van der Waals surface area contributed by atoms with Gasteiger partial charge in [-0.3, -0.25) is 0 Å². The minimum absolute atomic E-state index is 0.0781. The van der Waals surface area contributed by atoms with E-state index in [1.165, 1.54) is 11.3 Å². The summed E-state index contributed by atoms with van der Waals surface area (Å²) in [6.07, 6.45) is -0.465. The molecule has 1 aliphatic heterocycles. The predicted octanol–water partition coefficient (Wildman–Crippen LogP) is 4.24. The van der Waals surface area contributed by atoms with Gasteiger partial charge in [0.2, 0.25) is 10.0 Å². The Morgan fingerprint density at radius 2 is 1.77 bits per heavy atom. The monoisotopic (exact) mass is 440 g/mol. The standard InChI is InChI=1S/C21H23F3N2O3S/c22-21(23,24)29-18-8-10-19(11-9-18)30(27,28)25-16-5-3-6-17(14-16)26-13-12-15-4-1-2-7-20(15)26/h1-2,4,7-11,16-17,25H,3,5-6,12-14H2. The highest BCUT2D eigenvalue weighted by Crippen LogP contribution is 2.34. The highest BCUT2D eigenvalue weighted by Gasteiger charge is 2.33. The van der Waals surface area contributed by atoms with E-state index in [1.807, 2.05) is 12.1 Å². The van der Waals surface area contributed by atoms with Crippen LogP contribution >= 0.6 is 0 Å². The van der Waals surface area contributed by atoms with Crippen molar-refractivity contribution >= 4 is 15.7 Å². The molecule has 1 aliphatic carbocycles. The molecule has 0 bridgehead atoms. The first-order valence-corrected chi connectivity index (χ1v) is 11.4. The molecule has 9 heteroatoms. The lowest BCUT2D eigenvalue weighted by molar-refractivity contribution is -0.274. The smallest absolute Gasteiger partial charge is 0.406 e. The van der Waals surface area contributed by atoms with Gasteiger partial charge in [0, 0.05) is 24.3 Å². The second kappa shape index (κ2) is 8.11. The third-order valence-corrected chi connectivity index (χ3v) is 7.24. The number of ether oxygens (including phenoxy) is 1. The Morgan fingerprint density at radius 1 is 1.03 bits per heavy atom. The SMILES string of the molecule is O=S(=O)(NC1CCCC(N2CCc3ccccc32)C1)c1ccc(OC(F)(F)F)cc1. The molecule has 2 aromatic rings. The molecular weight excluding hydrogens is 417 g/mol. The molecule has 162 valence electrons. The highest BCUT2D eigenvalue weighted by molar-refractivity contribution is 7.89. The molecule has 0 aromatic heterocycles. The lowest BCUT2D eigenvalue weighted by Gasteiger charge is -2.37. The lowest BCUT2D eigenvalue weighted by Crippen LogP contribution is -2.45. The van der Waals surface area contributed by atoms with E-state index >= 15 is 0 Å². The van der Waals surface area contributed by atoms with Gasteiger partial charge in [-0.05, 0) is 68.0 Å². The van der Waals surface area contributed by atoms with Gasteiger partial charge < -0.3 is 9.64 Å². The maximum atomic E-state index is 12.7. The van der Waals surface area contributed by atoms with E-state index in [1.54, 1.807) is 0 Å². The number of fused-ring (bicyclic) bond motifs is 1. The number of nitrogens with one attached hydrogen (secondary N) is 1. The number of sulfonamides is 1. The van der Waals surface area contributed by atoms with Crippen LogP contribution in [0.25, 0.3) is 0 Å². The van der Waals surface area contributed by atoms with Gasteiger partial charge in [0.1, 0.15) is 5.75 Å². The van der Waals surface area contributed by atoms with Crippen molar-refractivity contribution in [1.82, 2.24) is 4.72 Å². The van der Waals surface area contributed by atoms with Gasteiger partial charge in [-0.25, -0.2) is 13.1 Å². The van der Waals surface area contributed by atoms with Crippen LogP contribution in [-0.2, 0) is 16.4 Å². The minimum atomic E-state index is -4.82. The van der Waals surface area contributed by atoms with E-state index in [2.05, 4.69) is 26.5 Å². The molecule has 2 atom stereocenters. The Labute approximate surface area is 173 Å². The van der Waals surface area contributed by atoms with Crippen LogP contribution < -0.4 is 14.4 Å². The summed E-state index contributed by atoms with van der Waals surface area (Å²) in [6, 6.07) is 12.6. The Morgan fingerprint density at radius 3 is 2.50 bits per heavy atom. The largest absolute Gasteiger partial charge is 0.573 e. The molecule has 2 aliphatic rings. The van der Waals surface area contributed by atoms with Crippen LogP contribution in [0.2, 0.25) is 0 Å². The van der Waals surface area contributed by atoms with Crippen LogP contribution in [-0.4, -0.2) is 33.4 Å². The van der Waals surface area contributed by atoms with Crippen LogP contribution in [0.15, 0.2) is 53.4 Å². The van der Waals surface area contributed by atoms with Crippen molar-refractivity contribution < 1.29 is 26.3 Å². The van der Waals surface area contributed by atoms with E-state index in [-0.39, 0.29) is 17.0 Å². The number of hydrogen-bond acceptors (Lipinski definition) is 4. The number of hydrogen-bond donors (Lipinski definition) is 1. The van der Waals surface area contributed by atoms with Gasteiger partial charge >= 0.3 is 6.36 Å². The van der Waals surface area contributed by atoms with Crippen LogP contribution in [0.1, 0.15) is 31.2 Å². The molecule has 0 amide bonds. The summed E-state index contributed by atoms with van der Waals surface area (Å²) in [5.41, 5.74) is 2.55. The van der Waals surface area contributed by atoms with Crippen molar-refractivity contribution in [2.75, 3.05) is 11.4 Å². The van der Waals surface area contributed by atoms with E-state index in [4.69, 9.17) is 0 Å². The summed E-state index contributed by atoms with van der Waals surface area (Å²) in [4.78, 5) is 2.30. The number of benzene rings is 2. The van der Waals surface area contributed by atoms with Gasteiger partial charge in [-0.1, -0.05) is 18.2 Å². The third kappa shape index (κ3) is 4.73. The molecule has 4 rings (SSSR count). The summed E-state index contributed by atoms with van der Waals surface area (Å²) in [6.45, 7) is 0.935. The number of halogens is 3. The van der Waals surface area contributed by atoms with Crippen molar-refractivity contribution in [2.45, 2.75) is 55.4 Å². The fraction of sp³-hybridized carbons (Fsp3) is 0.429. The molecule has 5 nitrogen and oxygen atoms in total. The maximum absolute atomic E-state index is 12.7. The van der Waals surface area contributed by atoms with Crippen molar-refractivity contribution in [1.29, 1.82) is 0 Å². The van der Waals surface area contributed by atoms with Gasteiger partial charge in [0.15, 0.2) is 0 Å². The predicted molar refractivity (Wildman–Crippen MR) is 107 cm³/mol. The van der Waals surface area contributed by atoms with Crippen LogP contribution in [0.4, 0.5) is 18.9 Å². The van der Waals surface area contributed by atoms with Gasteiger partial charge in [-0.2, -0.15) is 0 Å². The average Bonchev–Trinajstić information content (AvgIpc) is 3.11. The lowest BCUT2D eigenvalue weighted by atomic mass is 9.90. The second-order valence-electron chi connectivity index (χ2n) is 7.73. The zero-order valence-electron chi connectivity index (χ0n) is 16.2. The molecule has 2 unspecified atom stereocenters. The van der Waals surface area contributed by atoms with E-state index in [0.717, 1.165) is 56.5 Å². The third-order valence-electron chi connectivity index (χ3n) is 5.70. The first-order chi connectivity index (χ1) is 14.2. The maximum Gasteiger partial charge on any atom is 0.573 e. The topological polar surface area (TPSA) is 58.6 Å². The molecule has 1 fully saturated rings. The van der Waals surface area contributed by atoms with E-state index in [0.29, 0.717) is 6.42 Å². The van der Waals surface area contributed by atoms with Crippen LogP contribution in [0, 0.1) is 0 Å². The Bertz CT molecular complexity index is 993. The molecular formula is C21H23F3N2O3S. The fourth-order valence-electron chi connectivity index (χ4n) is 4.41. The summed E-state index contributed by atoms with van der Waals surface area (Å²) >= 11 is 0. The van der Waals surface area contributed by atoms with Gasteiger partial charge in [0.25, 0.3) is 0 Å². The molecule has 1 saturated carbocycles. The minimum Gasteiger partial charge on any atom is -0.406 e. The molecule has 0 spiro atoms. The van der Waals surface area contributed by atoms with E-state index in [9.17, 15) is 21.6 Å². The number of alkyl halides is 3. The average molecular weight is 440 g/mol.